The average Bonchev–Trinajstić information content (AvgIpc) is 2.66. The van der Waals surface area contributed by atoms with Crippen molar-refractivity contribution in [3.05, 3.63) is 59.7 Å². The Morgan fingerprint density at radius 2 is 1.11 bits per heavy atom. The van der Waals surface area contributed by atoms with E-state index >= 15 is 0 Å². The normalized spacial score (nSPS) is 20.2. The van der Waals surface area contributed by atoms with Gasteiger partial charge < -0.3 is 14.7 Å². The number of nitrogens with zero attached hydrogens (tertiary/aromatic N) is 3. The van der Waals surface area contributed by atoms with Crippen LogP contribution in [0.3, 0.4) is 0 Å². The molecule has 1 fully saturated rings. The van der Waals surface area contributed by atoms with Gasteiger partial charge in [0.25, 0.3) is 0 Å². The van der Waals surface area contributed by atoms with E-state index in [9.17, 15) is 4.79 Å². The van der Waals surface area contributed by atoms with E-state index in [-0.39, 0.29) is 11.8 Å². The zero-order valence-electron chi connectivity index (χ0n) is 17.9. The first-order valence-electron chi connectivity index (χ1n) is 10.1. The van der Waals surface area contributed by atoms with Crippen molar-refractivity contribution >= 4 is 17.2 Å². The predicted octanol–water partition coefficient (Wildman–Crippen LogP) is 3.35. The summed E-state index contributed by atoms with van der Waals surface area (Å²) in [7, 11) is 10.3. The summed E-state index contributed by atoms with van der Waals surface area (Å²) in [6.07, 6.45) is 1.65. The Morgan fingerprint density at radius 3 is 1.43 bits per heavy atom. The van der Waals surface area contributed by atoms with Crippen molar-refractivity contribution in [2.45, 2.75) is 12.8 Å². The second kappa shape index (κ2) is 8.78. The summed E-state index contributed by atoms with van der Waals surface area (Å²) in [4.78, 5) is 19.7. The first-order valence-corrected chi connectivity index (χ1v) is 10.1. The molecule has 2 aromatic carbocycles. The minimum absolute atomic E-state index is 0.0787. The van der Waals surface area contributed by atoms with Gasteiger partial charge in [-0.3, -0.25) is 4.79 Å². The molecule has 2 unspecified atom stereocenters. The number of rotatable bonds is 6. The Hall–Kier alpha value is -2.33. The number of benzene rings is 2. The fourth-order valence-corrected chi connectivity index (χ4v) is 4.10. The Balaban J connectivity index is 1.67. The first-order chi connectivity index (χ1) is 13.3. The molecule has 0 spiro atoms. The van der Waals surface area contributed by atoms with Crippen molar-refractivity contribution in [1.29, 1.82) is 0 Å². The summed E-state index contributed by atoms with van der Waals surface area (Å²) >= 11 is 0. The highest BCUT2D eigenvalue weighted by Gasteiger charge is 2.33. The first kappa shape index (κ1) is 20.4. The second-order valence-electron chi connectivity index (χ2n) is 8.55. The Kier molecular flexibility index (Phi) is 6.40. The molecule has 4 nitrogen and oxygen atoms in total. The summed E-state index contributed by atoms with van der Waals surface area (Å²) in [5.74, 6) is 0.580. The van der Waals surface area contributed by atoms with Crippen LogP contribution in [0.4, 0.5) is 11.4 Å². The number of likely N-dealkylation sites (tertiary alicyclic amines) is 1. The Morgan fingerprint density at radius 1 is 0.750 bits per heavy atom. The number of Topliss-reactive ketones (excluding diaryl/α,β-unsaturated/α-hetero) is 1. The summed E-state index contributed by atoms with van der Waals surface area (Å²) < 4.78 is 0. The zero-order chi connectivity index (χ0) is 20.3. The summed E-state index contributed by atoms with van der Waals surface area (Å²) in [6, 6.07) is 17.2. The van der Waals surface area contributed by atoms with E-state index in [1.807, 2.05) is 28.2 Å². The summed E-state index contributed by atoms with van der Waals surface area (Å²) in [5.41, 5.74) is 4.87. The number of hydrogen-bond acceptors (Lipinski definition) is 4. The number of carbonyl (C=O) groups is 1. The van der Waals surface area contributed by atoms with Gasteiger partial charge in [0, 0.05) is 64.5 Å². The van der Waals surface area contributed by atoms with Crippen LogP contribution in [0.1, 0.15) is 11.1 Å². The highest BCUT2D eigenvalue weighted by molar-refractivity contribution is 5.85. The van der Waals surface area contributed by atoms with Crippen molar-refractivity contribution in [1.82, 2.24) is 4.90 Å². The predicted molar refractivity (Wildman–Crippen MR) is 118 cm³/mol. The molecule has 0 saturated carbocycles. The molecule has 0 N–H and O–H groups in total. The lowest BCUT2D eigenvalue weighted by atomic mass is 9.81. The molecule has 150 valence electrons. The maximum absolute atomic E-state index is 13.2. The molecule has 4 heteroatoms. The SMILES string of the molecule is CN1CC(Cc2ccc(N(C)C)cc2)C(=O)C(Cc2ccc(N(C)C)cc2)C1. The number of anilines is 2. The van der Waals surface area contributed by atoms with Crippen LogP contribution >= 0.6 is 0 Å². The molecular formula is C24H33N3O. The molecule has 1 saturated heterocycles. The van der Waals surface area contributed by atoms with Gasteiger partial charge in [-0.15, -0.1) is 0 Å². The van der Waals surface area contributed by atoms with Crippen LogP contribution in [0.25, 0.3) is 0 Å². The number of carbonyl (C=O) groups excluding carboxylic acids is 1. The van der Waals surface area contributed by atoms with E-state index in [1.165, 1.54) is 22.5 Å². The van der Waals surface area contributed by atoms with Gasteiger partial charge in [-0.25, -0.2) is 0 Å². The molecule has 1 aliphatic heterocycles. The monoisotopic (exact) mass is 379 g/mol. The van der Waals surface area contributed by atoms with E-state index in [0.717, 1.165) is 25.9 Å². The van der Waals surface area contributed by atoms with E-state index in [0.29, 0.717) is 5.78 Å². The Labute approximate surface area is 169 Å². The fourth-order valence-electron chi connectivity index (χ4n) is 4.10. The van der Waals surface area contributed by atoms with Gasteiger partial charge in [-0.05, 0) is 55.3 Å². The maximum Gasteiger partial charge on any atom is 0.142 e. The van der Waals surface area contributed by atoms with Crippen molar-refractivity contribution < 1.29 is 4.79 Å². The molecule has 2 atom stereocenters. The van der Waals surface area contributed by atoms with Gasteiger partial charge >= 0.3 is 0 Å². The quantitative estimate of drug-likeness (QED) is 0.769. The molecule has 2 aromatic rings. The molecule has 3 rings (SSSR count). The third kappa shape index (κ3) is 4.93. The minimum Gasteiger partial charge on any atom is -0.378 e. The summed E-state index contributed by atoms with van der Waals surface area (Å²) in [6.45, 7) is 1.70. The number of hydrogen-bond donors (Lipinski definition) is 0. The lowest BCUT2D eigenvalue weighted by Crippen LogP contribution is -2.46. The van der Waals surface area contributed by atoms with Crippen LogP contribution in [-0.2, 0) is 17.6 Å². The highest BCUT2D eigenvalue weighted by Crippen LogP contribution is 2.25. The maximum atomic E-state index is 13.2. The third-order valence-electron chi connectivity index (χ3n) is 5.74. The average molecular weight is 380 g/mol. The van der Waals surface area contributed by atoms with Crippen molar-refractivity contribution in [2.24, 2.45) is 11.8 Å². The van der Waals surface area contributed by atoms with Gasteiger partial charge in [-0.1, -0.05) is 24.3 Å². The van der Waals surface area contributed by atoms with Crippen molar-refractivity contribution in [3.8, 4) is 0 Å². The molecule has 1 heterocycles. The molecule has 0 radical (unpaired) electrons. The van der Waals surface area contributed by atoms with Crippen molar-refractivity contribution in [3.63, 3.8) is 0 Å². The highest BCUT2D eigenvalue weighted by atomic mass is 16.1. The van der Waals surface area contributed by atoms with Crippen LogP contribution in [0.5, 0.6) is 0 Å². The lowest BCUT2D eigenvalue weighted by molar-refractivity contribution is -0.130. The molecule has 0 bridgehead atoms. The zero-order valence-corrected chi connectivity index (χ0v) is 17.9. The second-order valence-corrected chi connectivity index (χ2v) is 8.55. The lowest BCUT2D eigenvalue weighted by Gasteiger charge is -2.34. The third-order valence-corrected chi connectivity index (χ3v) is 5.74. The van der Waals surface area contributed by atoms with E-state index in [2.05, 4.69) is 70.3 Å². The van der Waals surface area contributed by atoms with Crippen LogP contribution in [-0.4, -0.2) is 59.0 Å². The van der Waals surface area contributed by atoms with E-state index in [1.54, 1.807) is 0 Å². The van der Waals surface area contributed by atoms with Crippen molar-refractivity contribution in [2.75, 3.05) is 58.1 Å². The Bertz CT molecular complexity index is 715. The smallest absolute Gasteiger partial charge is 0.142 e. The number of piperidine rings is 1. The van der Waals surface area contributed by atoms with E-state index in [4.69, 9.17) is 0 Å². The van der Waals surface area contributed by atoms with Crippen LogP contribution in [0, 0.1) is 11.8 Å². The molecule has 28 heavy (non-hydrogen) atoms. The van der Waals surface area contributed by atoms with Gasteiger partial charge in [0.15, 0.2) is 0 Å². The van der Waals surface area contributed by atoms with Crippen LogP contribution in [0.2, 0.25) is 0 Å². The van der Waals surface area contributed by atoms with Gasteiger partial charge in [-0.2, -0.15) is 0 Å². The minimum atomic E-state index is 0.0787. The van der Waals surface area contributed by atoms with Crippen LogP contribution in [0.15, 0.2) is 48.5 Å². The van der Waals surface area contributed by atoms with Gasteiger partial charge in [0.2, 0.25) is 0 Å². The number of ketones is 1. The van der Waals surface area contributed by atoms with Gasteiger partial charge in [0.05, 0.1) is 0 Å². The standard InChI is InChI=1S/C24H33N3O/c1-25(2)22-10-6-18(7-11-22)14-20-16-27(5)17-21(24(20)28)15-19-8-12-23(13-9-19)26(3)4/h6-13,20-21H,14-17H2,1-5H3. The molecule has 0 aromatic heterocycles. The fraction of sp³-hybridized carbons (Fsp3) is 0.458. The summed E-state index contributed by atoms with van der Waals surface area (Å²) in [5, 5.41) is 0. The largest absolute Gasteiger partial charge is 0.378 e. The topological polar surface area (TPSA) is 26.8 Å². The van der Waals surface area contributed by atoms with Gasteiger partial charge in [0.1, 0.15) is 5.78 Å². The van der Waals surface area contributed by atoms with Crippen LogP contribution < -0.4 is 9.80 Å². The molecule has 0 aliphatic carbocycles. The molecular weight excluding hydrogens is 346 g/mol. The molecule has 0 amide bonds. The van der Waals surface area contributed by atoms with E-state index < -0.39 is 0 Å². The molecule has 1 aliphatic rings.